The molecule has 0 bridgehead atoms. The molecule has 21 heavy (non-hydrogen) atoms. The van der Waals surface area contributed by atoms with Crippen LogP contribution < -0.4 is 5.32 Å². The van der Waals surface area contributed by atoms with Gasteiger partial charge >= 0.3 is 0 Å². The molecule has 0 saturated carbocycles. The summed E-state index contributed by atoms with van der Waals surface area (Å²) in [6.45, 7) is 2.49. The van der Waals surface area contributed by atoms with Gasteiger partial charge in [-0.05, 0) is 54.8 Å². The second-order valence-electron chi connectivity index (χ2n) is 5.07. The van der Waals surface area contributed by atoms with Gasteiger partial charge in [0, 0.05) is 12.6 Å². The fraction of sp³-hybridized carbons (Fsp3) is 0.235. The zero-order valence-corrected chi connectivity index (χ0v) is 11.7. The van der Waals surface area contributed by atoms with E-state index in [4.69, 9.17) is 5.26 Å². The van der Waals surface area contributed by atoms with Gasteiger partial charge in [0.25, 0.3) is 0 Å². The first-order chi connectivity index (χ1) is 10.1. The molecule has 0 spiro atoms. The van der Waals surface area contributed by atoms with Gasteiger partial charge in [0.15, 0.2) is 0 Å². The first kappa shape index (κ1) is 15.1. The zero-order valence-electron chi connectivity index (χ0n) is 11.7. The summed E-state index contributed by atoms with van der Waals surface area (Å²) < 4.78 is 26.1. The van der Waals surface area contributed by atoms with Crippen LogP contribution in [0, 0.1) is 23.0 Å². The third kappa shape index (κ3) is 4.66. The summed E-state index contributed by atoms with van der Waals surface area (Å²) in [6, 6.07) is 12.8. The van der Waals surface area contributed by atoms with E-state index in [2.05, 4.69) is 5.32 Å². The van der Waals surface area contributed by atoms with Gasteiger partial charge in [0.1, 0.15) is 11.6 Å². The molecule has 108 valence electrons. The molecule has 0 aliphatic rings. The van der Waals surface area contributed by atoms with Gasteiger partial charge in [-0.3, -0.25) is 0 Å². The molecule has 0 amide bonds. The van der Waals surface area contributed by atoms with Crippen molar-refractivity contribution < 1.29 is 8.78 Å². The number of hydrogen-bond donors (Lipinski definition) is 1. The molecule has 1 atom stereocenters. The third-order valence-electron chi connectivity index (χ3n) is 3.20. The summed E-state index contributed by atoms with van der Waals surface area (Å²) in [4.78, 5) is 0. The van der Waals surface area contributed by atoms with Gasteiger partial charge < -0.3 is 5.32 Å². The highest BCUT2D eigenvalue weighted by Gasteiger charge is 2.05. The number of rotatable bonds is 5. The number of hydrogen-bond acceptors (Lipinski definition) is 2. The zero-order chi connectivity index (χ0) is 15.2. The Bertz CT molecular complexity index is 645. The van der Waals surface area contributed by atoms with E-state index in [9.17, 15) is 8.78 Å². The van der Waals surface area contributed by atoms with Crippen LogP contribution in [0.15, 0.2) is 42.5 Å². The summed E-state index contributed by atoms with van der Waals surface area (Å²) in [7, 11) is 0. The lowest BCUT2D eigenvalue weighted by molar-refractivity contribution is 0.541. The Labute approximate surface area is 123 Å². The standard InChI is InChI=1S/C17H16F2N2/c1-12(6-13-2-4-16(18)5-3-13)21-11-15-7-14(10-20)8-17(19)9-15/h2-5,7-9,12,21H,6,11H2,1H3. The average Bonchev–Trinajstić information content (AvgIpc) is 2.47. The first-order valence-electron chi connectivity index (χ1n) is 6.74. The third-order valence-corrected chi connectivity index (χ3v) is 3.20. The molecule has 0 aromatic heterocycles. The van der Waals surface area contributed by atoms with Crippen LogP contribution in [0.1, 0.15) is 23.6 Å². The van der Waals surface area contributed by atoms with E-state index in [0.29, 0.717) is 12.1 Å². The fourth-order valence-corrected chi connectivity index (χ4v) is 2.16. The smallest absolute Gasteiger partial charge is 0.124 e. The van der Waals surface area contributed by atoms with Crippen molar-refractivity contribution in [3.05, 3.63) is 70.8 Å². The van der Waals surface area contributed by atoms with Crippen molar-refractivity contribution in [2.45, 2.75) is 25.9 Å². The van der Waals surface area contributed by atoms with Crippen molar-refractivity contribution >= 4 is 0 Å². The molecule has 1 N–H and O–H groups in total. The Morgan fingerprint density at radius 2 is 1.76 bits per heavy atom. The molecule has 0 fully saturated rings. The van der Waals surface area contributed by atoms with E-state index in [0.717, 1.165) is 17.5 Å². The Balaban J connectivity index is 1.92. The minimum absolute atomic E-state index is 0.157. The van der Waals surface area contributed by atoms with Crippen LogP contribution in [-0.4, -0.2) is 6.04 Å². The summed E-state index contributed by atoms with van der Waals surface area (Å²) in [5.41, 5.74) is 2.09. The summed E-state index contributed by atoms with van der Waals surface area (Å²) in [6.07, 6.45) is 0.751. The number of benzene rings is 2. The van der Waals surface area contributed by atoms with Crippen LogP contribution in [0.4, 0.5) is 8.78 Å². The highest BCUT2D eigenvalue weighted by Crippen LogP contribution is 2.10. The van der Waals surface area contributed by atoms with Crippen LogP contribution in [0.3, 0.4) is 0 Å². The highest BCUT2D eigenvalue weighted by atomic mass is 19.1. The maximum absolute atomic E-state index is 13.3. The number of nitriles is 1. The fourth-order valence-electron chi connectivity index (χ4n) is 2.16. The van der Waals surface area contributed by atoms with E-state index < -0.39 is 5.82 Å². The maximum Gasteiger partial charge on any atom is 0.124 e. The molecular formula is C17H16F2N2. The van der Waals surface area contributed by atoms with E-state index in [-0.39, 0.29) is 11.9 Å². The molecule has 2 aromatic rings. The predicted molar refractivity (Wildman–Crippen MR) is 77.5 cm³/mol. The van der Waals surface area contributed by atoms with Crippen LogP contribution in [0.5, 0.6) is 0 Å². The maximum atomic E-state index is 13.3. The van der Waals surface area contributed by atoms with E-state index in [1.54, 1.807) is 18.2 Å². The lowest BCUT2D eigenvalue weighted by Crippen LogP contribution is -2.27. The molecule has 1 unspecified atom stereocenters. The summed E-state index contributed by atoms with van der Waals surface area (Å²) in [5, 5.41) is 12.1. The molecular weight excluding hydrogens is 270 g/mol. The van der Waals surface area contributed by atoms with Crippen LogP contribution >= 0.6 is 0 Å². The van der Waals surface area contributed by atoms with Crippen molar-refractivity contribution in [1.82, 2.24) is 5.32 Å². The van der Waals surface area contributed by atoms with Crippen molar-refractivity contribution in [1.29, 1.82) is 5.26 Å². The van der Waals surface area contributed by atoms with Crippen molar-refractivity contribution in [2.24, 2.45) is 0 Å². The average molecular weight is 286 g/mol. The Hall–Kier alpha value is -2.25. The largest absolute Gasteiger partial charge is 0.310 e. The summed E-state index contributed by atoms with van der Waals surface area (Å²) >= 11 is 0. The molecule has 0 aliphatic heterocycles. The second kappa shape index (κ2) is 6.96. The van der Waals surface area contributed by atoms with Crippen LogP contribution in [0.25, 0.3) is 0 Å². The number of halogens is 2. The SMILES string of the molecule is CC(Cc1ccc(F)cc1)NCc1cc(F)cc(C#N)c1. The van der Waals surface area contributed by atoms with E-state index >= 15 is 0 Å². The monoisotopic (exact) mass is 286 g/mol. The number of nitrogens with zero attached hydrogens (tertiary/aromatic N) is 1. The number of nitrogens with one attached hydrogen (secondary N) is 1. The Kier molecular flexibility index (Phi) is 5.02. The molecule has 0 saturated heterocycles. The molecule has 0 heterocycles. The highest BCUT2D eigenvalue weighted by molar-refractivity contribution is 5.33. The molecule has 2 nitrogen and oxygen atoms in total. The Morgan fingerprint density at radius 1 is 1.05 bits per heavy atom. The lowest BCUT2D eigenvalue weighted by atomic mass is 10.1. The molecule has 0 radical (unpaired) electrons. The van der Waals surface area contributed by atoms with E-state index in [1.165, 1.54) is 24.3 Å². The van der Waals surface area contributed by atoms with Crippen molar-refractivity contribution in [2.75, 3.05) is 0 Å². The minimum atomic E-state index is -0.406. The van der Waals surface area contributed by atoms with Crippen molar-refractivity contribution in [3.8, 4) is 6.07 Å². The predicted octanol–water partition coefficient (Wildman–Crippen LogP) is 3.56. The van der Waals surface area contributed by atoms with Gasteiger partial charge in [-0.25, -0.2) is 8.78 Å². The van der Waals surface area contributed by atoms with Gasteiger partial charge in [-0.15, -0.1) is 0 Å². The lowest BCUT2D eigenvalue weighted by Gasteiger charge is -2.14. The summed E-state index contributed by atoms with van der Waals surface area (Å²) in [5.74, 6) is -0.653. The van der Waals surface area contributed by atoms with Crippen molar-refractivity contribution in [3.63, 3.8) is 0 Å². The minimum Gasteiger partial charge on any atom is -0.310 e. The van der Waals surface area contributed by atoms with Gasteiger partial charge in [0.05, 0.1) is 11.6 Å². The molecule has 2 rings (SSSR count). The second-order valence-corrected chi connectivity index (χ2v) is 5.07. The van der Waals surface area contributed by atoms with Crippen LogP contribution in [0.2, 0.25) is 0 Å². The molecule has 4 heteroatoms. The topological polar surface area (TPSA) is 35.8 Å². The van der Waals surface area contributed by atoms with Gasteiger partial charge in [-0.1, -0.05) is 12.1 Å². The van der Waals surface area contributed by atoms with Crippen LogP contribution in [-0.2, 0) is 13.0 Å². The molecule has 0 aliphatic carbocycles. The van der Waals surface area contributed by atoms with E-state index in [1.807, 2.05) is 13.0 Å². The Morgan fingerprint density at radius 3 is 2.43 bits per heavy atom. The quantitative estimate of drug-likeness (QED) is 0.912. The molecule has 2 aromatic carbocycles. The van der Waals surface area contributed by atoms with Gasteiger partial charge in [0.2, 0.25) is 0 Å². The normalized spacial score (nSPS) is 11.9. The first-order valence-corrected chi connectivity index (χ1v) is 6.74. The van der Waals surface area contributed by atoms with Gasteiger partial charge in [-0.2, -0.15) is 5.26 Å².